The summed E-state index contributed by atoms with van der Waals surface area (Å²) in [4.78, 5) is 29.5. The van der Waals surface area contributed by atoms with Crippen molar-refractivity contribution < 1.29 is 14.0 Å². The van der Waals surface area contributed by atoms with Crippen LogP contribution in [0.2, 0.25) is 0 Å². The molecule has 31 heavy (non-hydrogen) atoms. The summed E-state index contributed by atoms with van der Waals surface area (Å²) < 4.78 is 14.1. The molecule has 0 fully saturated rings. The molecule has 1 heterocycles. The molecule has 0 saturated heterocycles. The number of rotatable bonds is 6. The van der Waals surface area contributed by atoms with Crippen molar-refractivity contribution in [3.8, 4) is 0 Å². The Hall–Kier alpha value is -3.67. The molecule has 6 heteroatoms. The second-order valence-electron chi connectivity index (χ2n) is 7.71. The summed E-state index contributed by atoms with van der Waals surface area (Å²) >= 11 is 0. The monoisotopic (exact) mass is 417 g/mol. The number of anilines is 2. The highest BCUT2D eigenvalue weighted by Crippen LogP contribution is 2.32. The fourth-order valence-corrected chi connectivity index (χ4v) is 4.19. The van der Waals surface area contributed by atoms with Gasteiger partial charge in [-0.3, -0.25) is 14.5 Å². The minimum atomic E-state index is -1.05. The number of halogens is 1. The number of amides is 2. The van der Waals surface area contributed by atoms with E-state index in [1.807, 2.05) is 48.2 Å². The van der Waals surface area contributed by atoms with Crippen molar-refractivity contribution in [3.05, 3.63) is 95.3 Å². The molecule has 5 nitrogen and oxygen atoms in total. The molecule has 1 aliphatic heterocycles. The Morgan fingerprint density at radius 2 is 1.81 bits per heavy atom. The number of nitrogens with two attached hydrogens (primary N) is 1. The molecule has 0 bridgehead atoms. The standard InChI is InChI=1S/C25H24FN3O2/c1-17-7-2-4-11-21(17)24(25(27)31)29(20-10-6-9-19(26)15-20)23(30)16-28-14-13-18-8-3-5-12-22(18)28/h2-12,15,24H,13-14,16H2,1H3,(H2,27,31). The van der Waals surface area contributed by atoms with Crippen LogP contribution in [-0.2, 0) is 16.0 Å². The zero-order valence-electron chi connectivity index (χ0n) is 17.3. The molecule has 0 aromatic heterocycles. The van der Waals surface area contributed by atoms with Gasteiger partial charge in [-0.25, -0.2) is 4.39 Å². The molecule has 0 aliphatic carbocycles. The lowest BCUT2D eigenvalue weighted by Gasteiger charge is -2.33. The molecule has 0 spiro atoms. The Labute approximate surface area is 180 Å². The fraction of sp³-hybridized carbons (Fsp3) is 0.200. The van der Waals surface area contributed by atoms with Crippen LogP contribution in [0, 0.1) is 12.7 Å². The van der Waals surface area contributed by atoms with Crippen LogP contribution in [0.1, 0.15) is 22.7 Å². The first-order valence-electron chi connectivity index (χ1n) is 10.2. The third kappa shape index (κ3) is 4.14. The number of nitrogens with zero attached hydrogens (tertiary/aromatic N) is 2. The average molecular weight is 417 g/mol. The zero-order valence-corrected chi connectivity index (χ0v) is 17.3. The number of para-hydroxylation sites is 1. The number of aryl methyl sites for hydroxylation is 1. The molecule has 2 amide bonds. The van der Waals surface area contributed by atoms with Crippen LogP contribution in [0.25, 0.3) is 0 Å². The fourth-order valence-electron chi connectivity index (χ4n) is 4.19. The van der Waals surface area contributed by atoms with Gasteiger partial charge in [0.2, 0.25) is 11.8 Å². The Morgan fingerprint density at radius 3 is 2.55 bits per heavy atom. The first-order valence-corrected chi connectivity index (χ1v) is 10.2. The van der Waals surface area contributed by atoms with Gasteiger partial charge in [-0.1, -0.05) is 48.5 Å². The number of benzene rings is 3. The SMILES string of the molecule is Cc1ccccc1C(C(N)=O)N(C(=O)CN1CCc2ccccc21)c1cccc(F)c1. The molecule has 2 N–H and O–H groups in total. The van der Waals surface area contributed by atoms with Crippen molar-refractivity contribution in [3.63, 3.8) is 0 Å². The third-order valence-corrected chi connectivity index (χ3v) is 5.68. The predicted octanol–water partition coefficient (Wildman–Crippen LogP) is 3.76. The molecule has 4 rings (SSSR count). The molecule has 158 valence electrons. The summed E-state index contributed by atoms with van der Waals surface area (Å²) in [5.74, 6) is -1.49. The van der Waals surface area contributed by atoms with Crippen molar-refractivity contribution in [1.29, 1.82) is 0 Å². The van der Waals surface area contributed by atoms with E-state index in [1.54, 1.807) is 18.2 Å². The van der Waals surface area contributed by atoms with Gasteiger partial charge in [0.15, 0.2) is 0 Å². The van der Waals surface area contributed by atoms with Crippen LogP contribution in [0.15, 0.2) is 72.8 Å². The van der Waals surface area contributed by atoms with Crippen molar-refractivity contribution in [2.24, 2.45) is 5.73 Å². The van der Waals surface area contributed by atoms with E-state index < -0.39 is 17.8 Å². The van der Waals surface area contributed by atoms with Crippen LogP contribution in [0.5, 0.6) is 0 Å². The van der Waals surface area contributed by atoms with Crippen LogP contribution in [-0.4, -0.2) is 24.9 Å². The van der Waals surface area contributed by atoms with E-state index in [-0.39, 0.29) is 12.5 Å². The minimum absolute atomic E-state index is 0.0587. The number of carbonyl (C=O) groups excluding carboxylic acids is 2. The van der Waals surface area contributed by atoms with E-state index in [1.165, 1.54) is 28.7 Å². The number of hydrogen-bond acceptors (Lipinski definition) is 3. The van der Waals surface area contributed by atoms with Gasteiger partial charge in [-0.05, 0) is 54.3 Å². The Bertz CT molecular complexity index is 1130. The van der Waals surface area contributed by atoms with Crippen LogP contribution < -0.4 is 15.5 Å². The molecule has 1 aliphatic rings. The van der Waals surface area contributed by atoms with Gasteiger partial charge in [0.1, 0.15) is 11.9 Å². The topological polar surface area (TPSA) is 66.6 Å². The second kappa shape index (κ2) is 8.60. The maximum Gasteiger partial charge on any atom is 0.247 e. The molecule has 0 saturated carbocycles. The lowest BCUT2D eigenvalue weighted by molar-refractivity contribution is -0.124. The van der Waals surface area contributed by atoms with E-state index in [9.17, 15) is 14.0 Å². The number of primary amides is 1. The van der Waals surface area contributed by atoms with Gasteiger partial charge in [-0.2, -0.15) is 0 Å². The molecular formula is C25H24FN3O2. The van der Waals surface area contributed by atoms with Crippen LogP contribution in [0.4, 0.5) is 15.8 Å². The maximum atomic E-state index is 14.1. The lowest BCUT2D eigenvalue weighted by atomic mass is 9.98. The van der Waals surface area contributed by atoms with E-state index >= 15 is 0 Å². The highest BCUT2D eigenvalue weighted by Gasteiger charge is 2.34. The smallest absolute Gasteiger partial charge is 0.247 e. The van der Waals surface area contributed by atoms with Crippen molar-refractivity contribution in [2.45, 2.75) is 19.4 Å². The molecule has 1 atom stereocenters. The van der Waals surface area contributed by atoms with Crippen LogP contribution in [0.3, 0.4) is 0 Å². The molecule has 3 aromatic rings. The summed E-state index contributed by atoms with van der Waals surface area (Å²) in [7, 11) is 0. The van der Waals surface area contributed by atoms with E-state index in [0.29, 0.717) is 17.8 Å². The van der Waals surface area contributed by atoms with Crippen molar-refractivity contribution >= 4 is 23.2 Å². The summed E-state index contributed by atoms with van der Waals surface area (Å²) in [5.41, 5.74) is 9.72. The largest absolute Gasteiger partial charge is 0.368 e. The zero-order chi connectivity index (χ0) is 22.0. The van der Waals surface area contributed by atoms with E-state index in [4.69, 9.17) is 5.73 Å². The predicted molar refractivity (Wildman–Crippen MR) is 119 cm³/mol. The Morgan fingerprint density at radius 1 is 1.06 bits per heavy atom. The highest BCUT2D eigenvalue weighted by molar-refractivity contribution is 6.03. The quantitative estimate of drug-likeness (QED) is 0.664. The molecule has 0 radical (unpaired) electrons. The Kier molecular flexibility index (Phi) is 5.71. The van der Waals surface area contributed by atoms with Crippen LogP contribution >= 0.6 is 0 Å². The highest BCUT2D eigenvalue weighted by atomic mass is 19.1. The van der Waals surface area contributed by atoms with Gasteiger partial charge in [0.05, 0.1) is 6.54 Å². The second-order valence-corrected chi connectivity index (χ2v) is 7.71. The van der Waals surface area contributed by atoms with Gasteiger partial charge < -0.3 is 10.6 Å². The van der Waals surface area contributed by atoms with Gasteiger partial charge in [0, 0.05) is 17.9 Å². The van der Waals surface area contributed by atoms with Gasteiger partial charge >= 0.3 is 0 Å². The van der Waals surface area contributed by atoms with E-state index in [2.05, 4.69) is 0 Å². The minimum Gasteiger partial charge on any atom is -0.368 e. The summed E-state index contributed by atoms with van der Waals surface area (Å²) in [6.45, 7) is 2.62. The first kappa shape index (κ1) is 20.6. The molecule has 3 aromatic carbocycles. The summed E-state index contributed by atoms with van der Waals surface area (Å²) in [6, 6.07) is 19.9. The molecule has 1 unspecified atom stereocenters. The Balaban J connectivity index is 1.75. The average Bonchev–Trinajstić information content (AvgIpc) is 3.15. The number of fused-ring (bicyclic) bond motifs is 1. The van der Waals surface area contributed by atoms with Crippen molar-refractivity contribution in [1.82, 2.24) is 0 Å². The van der Waals surface area contributed by atoms with Gasteiger partial charge in [0.25, 0.3) is 0 Å². The maximum absolute atomic E-state index is 14.1. The summed E-state index contributed by atoms with van der Waals surface area (Å²) in [6.07, 6.45) is 0.848. The molecular weight excluding hydrogens is 393 g/mol. The van der Waals surface area contributed by atoms with E-state index in [0.717, 1.165) is 17.7 Å². The first-order chi connectivity index (χ1) is 15.0. The third-order valence-electron chi connectivity index (χ3n) is 5.68. The summed E-state index contributed by atoms with van der Waals surface area (Å²) in [5, 5.41) is 0. The van der Waals surface area contributed by atoms with Crippen molar-refractivity contribution in [2.75, 3.05) is 22.9 Å². The normalized spacial score (nSPS) is 13.5. The van der Waals surface area contributed by atoms with Gasteiger partial charge in [-0.15, -0.1) is 0 Å². The number of carbonyl (C=O) groups is 2. The lowest BCUT2D eigenvalue weighted by Crippen LogP contribution is -2.46. The number of hydrogen-bond donors (Lipinski definition) is 1.